The molecule has 1 aliphatic heterocycles. The highest BCUT2D eigenvalue weighted by atomic mass is 16.3. The van der Waals surface area contributed by atoms with Crippen LogP contribution in [0.1, 0.15) is 18.1 Å². The van der Waals surface area contributed by atoms with Crippen LogP contribution in [-0.2, 0) is 0 Å². The van der Waals surface area contributed by atoms with Gasteiger partial charge in [0.2, 0.25) is 0 Å². The van der Waals surface area contributed by atoms with Gasteiger partial charge in [-0.25, -0.2) is 0 Å². The zero-order valence-corrected chi connectivity index (χ0v) is 11.8. The van der Waals surface area contributed by atoms with Gasteiger partial charge in [-0.15, -0.1) is 0 Å². The second kappa shape index (κ2) is 5.29. The topological polar surface area (TPSA) is 26.7 Å². The third-order valence-electron chi connectivity index (χ3n) is 3.86. The molecule has 18 heavy (non-hydrogen) atoms. The second-order valence-corrected chi connectivity index (χ2v) is 5.62. The SMILES string of the molecule is Cc1cc(C)cc(N2CC(CO)N(C)CC2C)c1. The number of hydrogen-bond acceptors (Lipinski definition) is 3. The molecule has 1 fully saturated rings. The van der Waals surface area contributed by atoms with Crippen molar-refractivity contribution in [3.8, 4) is 0 Å². The van der Waals surface area contributed by atoms with Crippen molar-refractivity contribution in [1.29, 1.82) is 0 Å². The van der Waals surface area contributed by atoms with Crippen molar-refractivity contribution in [3.63, 3.8) is 0 Å². The summed E-state index contributed by atoms with van der Waals surface area (Å²) >= 11 is 0. The molecule has 0 spiro atoms. The number of aliphatic hydroxyl groups excluding tert-OH is 1. The van der Waals surface area contributed by atoms with Gasteiger partial charge in [0.25, 0.3) is 0 Å². The molecule has 1 aromatic rings. The summed E-state index contributed by atoms with van der Waals surface area (Å²) in [5.41, 5.74) is 3.89. The number of aryl methyl sites for hydroxylation is 2. The number of benzene rings is 1. The van der Waals surface area contributed by atoms with Crippen molar-refractivity contribution in [1.82, 2.24) is 4.90 Å². The maximum absolute atomic E-state index is 9.45. The maximum atomic E-state index is 9.45. The van der Waals surface area contributed by atoms with E-state index in [1.54, 1.807) is 0 Å². The van der Waals surface area contributed by atoms with Gasteiger partial charge in [-0.2, -0.15) is 0 Å². The normalized spacial score (nSPS) is 25.5. The molecule has 1 N–H and O–H groups in total. The van der Waals surface area contributed by atoms with Crippen LogP contribution in [0, 0.1) is 13.8 Å². The Hall–Kier alpha value is -1.06. The Morgan fingerprint density at radius 2 is 1.78 bits per heavy atom. The lowest BCUT2D eigenvalue weighted by molar-refractivity contribution is 0.122. The van der Waals surface area contributed by atoms with Crippen molar-refractivity contribution in [2.45, 2.75) is 32.9 Å². The summed E-state index contributed by atoms with van der Waals surface area (Å²) in [5, 5.41) is 9.45. The molecule has 0 aromatic heterocycles. The van der Waals surface area contributed by atoms with E-state index >= 15 is 0 Å². The number of nitrogens with zero attached hydrogens (tertiary/aromatic N) is 2. The van der Waals surface area contributed by atoms with Gasteiger partial charge in [0.15, 0.2) is 0 Å². The van der Waals surface area contributed by atoms with E-state index in [2.05, 4.69) is 55.8 Å². The first kappa shape index (κ1) is 13.4. The van der Waals surface area contributed by atoms with Crippen molar-refractivity contribution < 1.29 is 5.11 Å². The van der Waals surface area contributed by atoms with Gasteiger partial charge in [0, 0.05) is 24.8 Å². The molecular weight excluding hydrogens is 224 g/mol. The Labute approximate surface area is 110 Å². The Bertz CT molecular complexity index is 399. The van der Waals surface area contributed by atoms with E-state index in [9.17, 15) is 5.11 Å². The molecular formula is C15H24N2O. The van der Waals surface area contributed by atoms with Gasteiger partial charge in [-0.05, 0) is 51.1 Å². The van der Waals surface area contributed by atoms with Crippen molar-refractivity contribution in [2.24, 2.45) is 0 Å². The predicted octanol–water partition coefficient (Wildman–Crippen LogP) is 1.80. The predicted molar refractivity (Wildman–Crippen MR) is 76.2 cm³/mol. The van der Waals surface area contributed by atoms with Gasteiger partial charge in [-0.3, -0.25) is 4.90 Å². The number of likely N-dealkylation sites (N-methyl/N-ethyl adjacent to an activating group) is 1. The monoisotopic (exact) mass is 248 g/mol. The number of piperazine rings is 1. The van der Waals surface area contributed by atoms with Gasteiger partial charge in [-0.1, -0.05) is 6.07 Å². The van der Waals surface area contributed by atoms with E-state index in [4.69, 9.17) is 0 Å². The van der Waals surface area contributed by atoms with Crippen LogP contribution in [0.3, 0.4) is 0 Å². The molecule has 3 heteroatoms. The standard InChI is InChI=1S/C15H24N2O/c1-11-5-12(2)7-14(6-11)17-9-15(10-18)16(4)8-13(17)3/h5-7,13,15,18H,8-10H2,1-4H3. The minimum Gasteiger partial charge on any atom is -0.395 e. The largest absolute Gasteiger partial charge is 0.395 e. The first-order valence-electron chi connectivity index (χ1n) is 6.67. The second-order valence-electron chi connectivity index (χ2n) is 5.62. The summed E-state index contributed by atoms with van der Waals surface area (Å²) in [6.45, 7) is 8.66. The quantitative estimate of drug-likeness (QED) is 0.864. The van der Waals surface area contributed by atoms with Gasteiger partial charge >= 0.3 is 0 Å². The molecule has 1 heterocycles. The van der Waals surface area contributed by atoms with Crippen LogP contribution in [0.4, 0.5) is 5.69 Å². The molecule has 2 atom stereocenters. The molecule has 1 aromatic carbocycles. The Kier molecular flexibility index (Phi) is 3.93. The minimum atomic E-state index is 0.227. The van der Waals surface area contributed by atoms with E-state index < -0.39 is 0 Å². The molecule has 0 saturated carbocycles. The molecule has 1 aliphatic rings. The zero-order valence-electron chi connectivity index (χ0n) is 11.8. The minimum absolute atomic E-state index is 0.227. The highest BCUT2D eigenvalue weighted by Gasteiger charge is 2.29. The summed E-state index contributed by atoms with van der Waals surface area (Å²) in [7, 11) is 2.09. The maximum Gasteiger partial charge on any atom is 0.0604 e. The molecule has 0 bridgehead atoms. The molecule has 0 aliphatic carbocycles. The van der Waals surface area contributed by atoms with Crippen LogP contribution in [0.15, 0.2) is 18.2 Å². The summed E-state index contributed by atoms with van der Waals surface area (Å²) in [6.07, 6.45) is 0. The fourth-order valence-corrected chi connectivity index (χ4v) is 2.88. The summed E-state index contributed by atoms with van der Waals surface area (Å²) < 4.78 is 0. The highest BCUT2D eigenvalue weighted by Crippen LogP contribution is 2.24. The summed E-state index contributed by atoms with van der Waals surface area (Å²) in [5.74, 6) is 0. The lowest BCUT2D eigenvalue weighted by atomic mass is 10.0. The molecule has 1 saturated heterocycles. The van der Waals surface area contributed by atoms with E-state index in [0.29, 0.717) is 6.04 Å². The number of aliphatic hydroxyl groups is 1. The van der Waals surface area contributed by atoms with Crippen LogP contribution >= 0.6 is 0 Å². The molecule has 100 valence electrons. The van der Waals surface area contributed by atoms with Crippen molar-refractivity contribution >= 4 is 5.69 Å². The number of hydrogen-bond donors (Lipinski definition) is 1. The Morgan fingerprint density at radius 3 is 2.33 bits per heavy atom. The van der Waals surface area contributed by atoms with E-state index in [0.717, 1.165) is 13.1 Å². The average Bonchev–Trinajstić information content (AvgIpc) is 2.27. The van der Waals surface area contributed by atoms with Crippen LogP contribution in [0.5, 0.6) is 0 Å². The van der Waals surface area contributed by atoms with Crippen LogP contribution in [-0.4, -0.2) is 48.8 Å². The van der Waals surface area contributed by atoms with E-state index in [1.165, 1.54) is 16.8 Å². The third-order valence-corrected chi connectivity index (χ3v) is 3.86. The summed E-state index contributed by atoms with van der Waals surface area (Å²) in [4.78, 5) is 4.67. The fraction of sp³-hybridized carbons (Fsp3) is 0.600. The molecule has 0 radical (unpaired) electrons. The van der Waals surface area contributed by atoms with Crippen molar-refractivity contribution in [2.75, 3.05) is 31.6 Å². The zero-order chi connectivity index (χ0) is 13.3. The van der Waals surface area contributed by atoms with Gasteiger partial charge in [0.05, 0.1) is 12.6 Å². The van der Waals surface area contributed by atoms with Crippen LogP contribution in [0.25, 0.3) is 0 Å². The first-order chi connectivity index (χ1) is 8.51. The molecule has 0 amide bonds. The average molecular weight is 248 g/mol. The highest BCUT2D eigenvalue weighted by molar-refractivity contribution is 5.52. The summed E-state index contributed by atoms with van der Waals surface area (Å²) in [6, 6.07) is 7.40. The smallest absolute Gasteiger partial charge is 0.0604 e. The lowest BCUT2D eigenvalue weighted by Crippen LogP contribution is -2.57. The van der Waals surface area contributed by atoms with Gasteiger partial charge < -0.3 is 10.0 Å². The Balaban J connectivity index is 2.25. The van der Waals surface area contributed by atoms with E-state index in [-0.39, 0.29) is 12.6 Å². The van der Waals surface area contributed by atoms with Crippen molar-refractivity contribution in [3.05, 3.63) is 29.3 Å². The molecule has 3 nitrogen and oxygen atoms in total. The van der Waals surface area contributed by atoms with Gasteiger partial charge in [0.1, 0.15) is 0 Å². The number of rotatable bonds is 2. The third kappa shape index (κ3) is 2.68. The lowest BCUT2D eigenvalue weighted by Gasteiger charge is -2.44. The Morgan fingerprint density at radius 1 is 1.17 bits per heavy atom. The molecule has 2 unspecified atom stereocenters. The molecule has 2 rings (SSSR count). The van der Waals surface area contributed by atoms with Crippen LogP contribution < -0.4 is 4.90 Å². The first-order valence-corrected chi connectivity index (χ1v) is 6.67. The van der Waals surface area contributed by atoms with Crippen LogP contribution in [0.2, 0.25) is 0 Å². The fourth-order valence-electron chi connectivity index (χ4n) is 2.88. The van der Waals surface area contributed by atoms with E-state index in [1.807, 2.05) is 0 Å². The number of anilines is 1.